The third-order valence-electron chi connectivity index (χ3n) is 3.97. The van der Waals surface area contributed by atoms with Crippen LogP contribution in [0.5, 0.6) is 0 Å². The summed E-state index contributed by atoms with van der Waals surface area (Å²) in [5.41, 5.74) is -0.771. The standard InChI is InChI=1S/C15H19F3N2O/c1-9-6-7-19-10(2)13(9)20-14(21)11-4-3-5-12(8-11)15(16,17)18/h3-5,8-10,13,19H,6-7H2,1-2H3,(H,20,21). The zero-order valence-corrected chi connectivity index (χ0v) is 12.0. The summed E-state index contributed by atoms with van der Waals surface area (Å²) >= 11 is 0. The van der Waals surface area contributed by atoms with Gasteiger partial charge in [-0.25, -0.2) is 0 Å². The van der Waals surface area contributed by atoms with Crippen molar-refractivity contribution in [1.29, 1.82) is 0 Å². The summed E-state index contributed by atoms with van der Waals surface area (Å²) < 4.78 is 38.0. The fourth-order valence-electron chi connectivity index (χ4n) is 2.68. The quantitative estimate of drug-likeness (QED) is 0.882. The minimum atomic E-state index is -4.44. The Morgan fingerprint density at radius 2 is 2.05 bits per heavy atom. The Kier molecular flexibility index (Phi) is 4.56. The Morgan fingerprint density at radius 3 is 2.67 bits per heavy atom. The zero-order valence-electron chi connectivity index (χ0n) is 12.0. The summed E-state index contributed by atoms with van der Waals surface area (Å²) in [6.45, 7) is 4.89. The van der Waals surface area contributed by atoms with Crippen LogP contribution in [0.25, 0.3) is 0 Å². The molecule has 116 valence electrons. The van der Waals surface area contributed by atoms with E-state index in [1.54, 1.807) is 0 Å². The second-order valence-electron chi connectivity index (χ2n) is 5.59. The average molecular weight is 300 g/mol. The molecule has 3 nitrogen and oxygen atoms in total. The van der Waals surface area contributed by atoms with Gasteiger partial charge in [-0.05, 0) is 44.0 Å². The van der Waals surface area contributed by atoms with E-state index in [0.717, 1.165) is 25.1 Å². The highest BCUT2D eigenvalue weighted by molar-refractivity contribution is 5.94. The number of alkyl halides is 3. The van der Waals surface area contributed by atoms with Crippen molar-refractivity contribution >= 4 is 5.91 Å². The maximum atomic E-state index is 12.7. The van der Waals surface area contributed by atoms with Crippen LogP contribution in [0, 0.1) is 5.92 Å². The van der Waals surface area contributed by atoms with E-state index < -0.39 is 17.6 Å². The predicted molar refractivity (Wildman–Crippen MR) is 73.9 cm³/mol. The summed E-state index contributed by atoms with van der Waals surface area (Å²) in [7, 11) is 0. The molecule has 1 aromatic carbocycles. The highest BCUT2D eigenvalue weighted by Gasteiger charge is 2.32. The highest BCUT2D eigenvalue weighted by Crippen LogP contribution is 2.29. The van der Waals surface area contributed by atoms with Crippen molar-refractivity contribution in [2.45, 2.75) is 38.5 Å². The smallest absolute Gasteiger partial charge is 0.347 e. The number of carbonyl (C=O) groups is 1. The zero-order chi connectivity index (χ0) is 15.6. The molecule has 0 aromatic heterocycles. The van der Waals surface area contributed by atoms with Crippen LogP contribution in [0.1, 0.15) is 36.2 Å². The van der Waals surface area contributed by atoms with Crippen molar-refractivity contribution in [3.63, 3.8) is 0 Å². The van der Waals surface area contributed by atoms with Crippen LogP contribution in [0.15, 0.2) is 24.3 Å². The van der Waals surface area contributed by atoms with E-state index in [4.69, 9.17) is 0 Å². The number of nitrogens with one attached hydrogen (secondary N) is 2. The molecule has 1 heterocycles. The largest absolute Gasteiger partial charge is 0.416 e. The Hall–Kier alpha value is -1.56. The van der Waals surface area contributed by atoms with Gasteiger partial charge in [0, 0.05) is 17.6 Å². The van der Waals surface area contributed by atoms with Crippen LogP contribution in [-0.2, 0) is 6.18 Å². The lowest BCUT2D eigenvalue weighted by atomic mass is 9.89. The first-order valence-corrected chi connectivity index (χ1v) is 7.00. The predicted octanol–water partition coefficient (Wildman–Crippen LogP) is 2.82. The number of carbonyl (C=O) groups excluding carboxylic acids is 1. The number of piperidine rings is 1. The molecule has 0 bridgehead atoms. The van der Waals surface area contributed by atoms with E-state index in [2.05, 4.69) is 10.6 Å². The molecule has 0 radical (unpaired) electrons. The molecule has 6 heteroatoms. The van der Waals surface area contributed by atoms with E-state index in [1.807, 2.05) is 13.8 Å². The van der Waals surface area contributed by atoms with E-state index in [-0.39, 0.29) is 23.6 Å². The molecule has 1 aliphatic rings. The summed E-state index contributed by atoms with van der Waals surface area (Å²) in [6, 6.07) is 4.52. The first-order valence-electron chi connectivity index (χ1n) is 7.00. The lowest BCUT2D eigenvalue weighted by molar-refractivity contribution is -0.137. The normalized spacial score (nSPS) is 26.4. The van der Waals surface area contributed by atoms with E-state index in [9.17, 15) is 18.0 Å². The molecule has 0 aliphatic carbocycles. The molecule has 2 rings (SSSR count). The van der Waals surface area contributed by atoms with Gasteiger partial charge in [-0.15, -0.1) is 0 Å². The number of hydrogen-bond acceptors (Lipinski definition) is 2. The second-order valence-corrected chi connectivity index (χ2v) is 5.59. The number of halogens is 3. The fourth-order valence-corrected chi connectivity index (χ4v) is 2.68. The minimum absolute atomic E-state index is 0.0369. The summed E-state index contributed by atoms with van der Waals surface area (Å²) in [5.74, 6) is -0.176. The second kappa shape index (κ2) is 6.05. The molecule has 2 N–H and O–H groups in total. The van der Waals surface area contributed by atoms with Crippen LogP contribution in [0.4, 0.5) is 13.2 Å². The molecule has 1 aromatic rings. The van der Waals surface area contributed by atoms with Gasteiger partial charge in [0.2, 0.25) is 0 Å². The van der Waals surface area contributed by atoms with Crippen molar-refractivity contribution in [3.8, 4) is 0 Å². The fraction of sp³-hybridized carbons (Fsp3) is 0.533. The third-order valence-corrected chi connectivity index (χ3v) is 3.97. The topological polar surface area (TPSA) is 41.1 Å². The summed E-state index contributed by atoms with van der Waals surface area (Å²) in [6.07, 6.45) is -3.51. The Bertz CT molecular complexity index is 506. The van der Waals surface area contributed by atoms with E-state index in [1.165, 1.54) is 12.1 Å². The number of benzene rings is 1. The summed E-state index contributed by atoms with van der Waals surface area (Å²) in [4.78, 5) is 12.2. The van der Waals surface area contributed by atoms with Crippen molar-refractivity contribution in [2.24, 2.45) is 5.92 Å². The van der Waals surface area contributed by atoms with Gasteiger partial charge in [0.1, 0.15) is 0 Å². The number of rotatable bonds is 2. The van der Waals surface area contributed by atoms with Crippen molar-refractivity contribution < 1.29 is 18.0 Å². The SMILES string of the molecule is CC1CCNC(C)C1NC(=O)c1cccc(C(F)(F)F)c1. The molecule has 1 saturated heterocycles. The van der Waals surface area contributed by atoms with Gasteiger partial charge in [-0.2, -0.15) is 13.2 Å². The van der Waals surface area contributed by atoms with Crippen LogP contribution >= 0.6 is 0 Å². The number of hydrogen-bond donors (Lipinski definition) is 2. The lowest BCUT2D eigenvalue weighted by Gasteiger charge is -2.36. The van der Waals surface area contributed by atoms with Gasteiger partial charge in [-0.1, -0.05) is 13.0 Å². The molecule has 1 amide bonds. The van der Waals surface area contributed by atoms with Gasteiger partial charge in [-0.3, -0.25) is 4.79 Å². The van der Waals surface area contributed by atoms with E-state index >= 15 is 0 Å². The Balaban J connectivity index is 2.13. The van der Waals surface area contributed by atoms with Crippen molar-refractivity contribution in [2.75, 3.05) is 6.54 Å². The molecule has 0 saturated carbocycles. The van der Waals surface area contributed by atoms with Gasteiger partial charge in [0.25, 0.3) is 5.91 Å². The van der Waals surface area contributed by atoms with Gasteiger partial charge < -0.3 is 10.6 Å². The third kappa shape index (κ3) is 3.75. The lowest BCUT2D eigenvalue weighted by Crippen LogP contribution is -2.55. The molecule has 1 fully saturated rings. The van der Waals surface area contributed by atoms with Gasteiger partial charge in [0.05, 0.1) is 5.56 Å². The van der Waals surface area contributed by atoms with Crippen molar-refractivity contribution in [3.05, 3.63) is 35.4 Å². The highest BCUT2D eigenvalue weighted by atomic mass is 19.4. The molecular weight excluding hydrogens is 281 g/mol. The van der Waals surface area contributed by atoms with Crippen LogP contribution in [-0.4, -0.2) is 24.5 Å². The Labute approximate surface area is 121 Å². The molecule has 0 spiro atoms. The summed E-state index contributed by atoms with van der Waals surface area (Å²) in [5, 5.41) is 6.10. The molecule has 1 aliphatic heterocycles. The van der Waals surface area contributed by atoms with Crippen molar-refractivity contribution in [1.82, 2.24) is 10.6 Å². The van der Waals surface area contributed by atoms with Gasteiger partial charge >= 0.3 is 6.18 Å². The maximum Gasteiger partial charge on any atom is 0.416 e. The first kappa shape index (κ1) is 15.8. The van der Waals surface area contributed by atoms with Crippen LogP contribution < -0.4 is 10.6 Å². The van der Waals surface area contributed by atoms with Gasteiger partial charge in [0.15, 0.2) is 0 Å². The maximum absolute atomic E-state index is 12.7. The molecule has 3 atom stereocenters. The molecule has 3 unspecified atom stereocenters. The molecular formula is C15H19F3N2O. The molecule has 21 heavy (non-hydrogen) atoms. The monoisotopic (exact) mass is 300 g/mol. The first-order chi connectivity index (χ1) is 9.79. The Morgan fingerprint density at radius 1 is 1.33 bits per heavy atom. The number of amides is 1. The average Bonchev–Trinajstić information content (AvgIpc) is 2.42. The minimum Gasteiger partial charge on any atom is -0.347 e. The van der Waals surface area contributed by atoms with Crippen LogP contribution in [0.3, 0.4) is 0 Å². The van der Waals surface area contributed by atoms with E-state index in [0.29, 0.717) is 0 Å². The van der Waals surface area contributed by atoms with Crippen LogP contribution in [0.2, 0.25) is 0 Å².